The number of aromatic nitrogens is 4. The molecule has 0 fully saturated rings. The van der Waals surface area contributed by atoms with Crippen LogP contribution in [0.3, 0.4) is 0 Å². The van der Waals surface area contributed by atoms with E-state index in [1.54, 1.807) is 23.3 Å². The van der Waals surface area contributed by atoms with Gasteiger partial charge in [-0.3, -0.25) is 9.36 Å². The zero-order valence-corrected chi connectivity index (χ0v) is 21.0. The standard InChI is InChI=1S/C27H26N6O5/c1-17-9-25(31-27(29-17)32-8-7-28-14-32)33(12-19-3-5-21-23(10-19)37-15-35-21)13-26(34)30-18(2)20-4-6-22-24(11-20)38-16-36-22/h3-11,14,18H,12-13,15-16H2,1-2H3,(H,30,34). The number of fused-ring (bicyclic) bond motifs is 2. The number of rotatable bonds is 8. The van der Waals surface area contributed by atoms with Crippen LogP contribution in [0.1, 0.15) is 29.8 Å². The van der Waals surface area contributed by atoms with Crippen LogP contribution < -0.4 is 29.2 Å². The average molecular weight is 515 g/mol. The highest BCUT2D eigenvalue weighted by atomic mass is 16.7. The van der Waals surface area contributed by atoms with Gasteiger partial charge in [0.05, 0.1) is 12.6 Å². The highest BCUT2D eigenvalue weighted by Crippen LogP contribution is 2.35. The van der Waals surface area contributed by atoms with E-state index in [0.29, 0.717) is 41.3 Å². The van der Waals surface area contributed by atoms with Crippen LogP contribution in [0.25, 0.3) is 5.95 Å². The van der Waals surface area contributed by atoms with Crippen molar-refractivity contribution < 1.29 is 23.7 Å². The van der Waals surface area contributed by atoms with Gasteiger partial charge in [-0.05, 0) is 49.2 Å². The van der Waals surface area contributed by atoms with Crippen molar-refractivity contribution in [3.63, 3.8) is 0 Å². The van der Waals surface area contributed by atoms with Crippen LogP contribution in [0, 0.1) is 6.92 Å². The number of benzene rings is 2. The molecule has 0 aliphatic carbocycles. The predicted octanol–water partition coefficient (Wildman–Crippen LogP) is 3.31. The van der Waals surface area contributed by atoms with Gasteiger partial charge in [0.1, 0.15) is 12.1 Å². The fourth-order valence-electron chi connectivity index (χ4n) is 4.40. The Balaban J connectivity index is 1.25. The van der Waals surface area contributed by atoms with Gasteiger partial charge >= 0.3 is 0 Å². The largest absolute Gasteiger partial charge is 0.454 e. The van der Waals surface area contributed by atoms with Gasteiger partial charge in [0.15, 0.2) is 23.0 Å². The Morgan fingerprint density at radius 1 is 1.00 bits per heavy atom. The molecular weight excluding hydrogens is 488 g/mol. The molecule has 0 radical (unpaired) electrons. The van der Waals surface area contributed by atoms with Crippen molar-refractivity contribution in [1.29, 1.82) is 0 Å². The summed E-state index contributed by atoms with van der Waals surface area (Å²) in [6.07, 6.45) is 5.09. The van der Waals surface area contributed by atoms with E-state index in [1.807, 2.05) is 61.2 Å². The van der Waals surface area contributed by atoms with Crippen LogP contribution in [-0.4, -0.2) is 45.6 Å². The van der Waals surface area contributed by atoms with Gasteiger partial charge in [0, 0.05) is 30.7 Å². The van der Waals surface area contributed by atoms with Crippen molar-refractivity contribution in [1.82, 2.24) is 24.8 Å². The molecule has 4 aromatic rings. The molecule has 2 aromatic carbocycles. The summed E-state index contributed by atoms with van der Waals surface area (Å²) in [5.41, 5.74) is 2.64. The molecule has 0 saturated heterocycles. The maximum atomic E-state index is 13.3. The monoisotopic (exact) mass is 514 g/mol. The quantitative estimate of drug-likeness (QED) is 0.378. The molecule has 2 aliphatic rings. The Hall–Kier alpha value is -4.80. The van der Waals surface area contributed by atoms with Gasteiger partial charge < -0.3 is 29.2 Å². The van der Waals surface area contributed by atoms with E-state index in [9.17, 15) is 4.79 Å². The number of imidazole rings is 1. The van der Waals surface area contributed by atoms with Crippen LogP contribution in [0.5, 0.6) is 23.0 Å². The zero-order valence-electron chi connectivity index (χ0n) is 21.0. The summed E-state index contributed by atoms with van der Waals surface area (Å²) in [7, 11) is 0. The lowest BCUT2D eigenvalue weighted by atomic mass is 10.1. The lowest BCUT2D eigenvalue weighted by Crippen LogP contribution is -2.38. The summed E-state index contributed by atoms with van der Waals surface area (Å²) in [6.45, 7) is 4.72. The third-order valence-corrected chi connectivity index (χ3v) is 6.31. The molecule has 194 valence electrons. The molecule has 0 spiro atoms. The number of hydrogen-bond acceptors (Lipinski definition) is 9. The predicted molar refractivity (Wildman–Crippen MR) is 137 cm³/mol. The van der Waals surface area contributed by atoms with Gasteiger partial charge in [-0.15, -0.1) is 0 Å². The van der Waals surface area contributed by atoms with Gasteiger partial charge in [-0.25, -0.2) is 9.97 Å². The molecule has 6 rings (SSSR count). The Kier molecular flexibility index (Phi) is 6.16. The smallest absolute Gasteiger partial charge is 0.240 e. The first kappa shape index (κ1) is 23.6. The first-order valence-corrected chi connectivity index (χ1v) is 12.2. The fraction of sp³-hybridized carbons (Fsp3) is 0.259. The van der Waals surface area contributed by atoms with E-state index < -0.39 is 0 Å². The zero-order chi connectivity index (χ0) is 26.1. The van der Waals surface area contributed by atoms with Gasteiger partial charge in [-0.1, -0.05) is 12.1 Å². The molecule has 0 bridgehead atoms. The molecule has 1 atom stereocenters. The number of carbonyl (C=O) groups is 1. The number of nitrogens with one attached hydrogen (secondary N) is 1. The van der Waals surface area contributed by atoms with Crippen molar-refractivity contribution in [2.75, 3.05) is 25.0 Å². The Labute approximate surface area is 219 Å². The van der Waals surface area contributed by atoms with Gasteiger partial charge in [-0.2, -0.15) is 4.98 Å². The topological polar surface area (TPSA) is 113 Å². The highest BCUT2D eigenvalue weighted by molar-refractivity contribution is 5.81. The Morgan fingerprint density at radius 3 is 2.50 bits per heavy atom. The van der Waals surface area contributed by atoms with Crippen molar-refractivity contribution in [2.45, 2.75) is 26.4 Å². The first-order chi connectivity index (χ1) is 18.5. The van der Waals surface area contributed by atoms with Crippen LogP contribution in [0.4, 0.5) is 5.82 Å². The maximum Gasteiger partial charge on any atom is 0.240 e. The number of ether oxygens (including phenoxy) is 4. The average Bonchev–Trinajstić information content (AvgIpc) is 3.69. The molecule has 2 aliphatic heterocycles. The van der Waals surface area contributed by atoms with Gasteiger partial charge in [0.2, 0.25) is 25.4 Å². The lowest BCUT2D eigenvalue weighted by Gasteiger charge is -2.25. The minimum Gasteiger partial charge on any atom is -0.454 e. The SMILES string of the molecule is Cc1cc(N(CC(=O)NC(C)c2ccc3c(c2)OCO3)Cc2ccc3c(c2)OCO3)nc(-n2ccnc2)n1. The maximum absolute atomic E-state index is 13.3. The second-order valence-electron chi connectivity index (χ2n) is 9.08. The number of hydrogen-bond donors (Lipinski definition) is 1. The molecule has 11 heteroatoms. The number of amides is 1. The van der Waals surface area contributed by atoms with E-state index in [0.717, 1.165) is 16.8 Å². The lowest BCUT2D eigenvalue weighted by molar-refractivity contribution is -0.120. The first-order valence-electron chi connectivity index (χ1n) is 12.2. The molecule has 4 heterocycles. The van der Waals surface area contributed by atoms with Crippen LogP contribution in [-0.2, 0) is 11.3 Å². The summed E-state index contributed by atoms with van der Waals surface area (Å²) in [5, 5.41) is 3.09. The minimum absolute atomic E-state index is 0.0726. The van der Waals surface area contributed by atoms with Crippen molar-refractivity contribution in [3.8, 4) is 28.9 Å². The van der Waals surface area contributed by atoms with E-state index in [2.05, 4.69) is 15.3 Å². The van der Waals surface area contributed by atoms with Crippen LogP contribution in [0.15, 0.2) is 61.2 Å². The normalized spacial score (nSPS) is 13.8. The Bertz CT molecular complexity index is 1480. The summed E-state index contributed by atoms with van der Waals surface area (Å²) in [4.78, 5) is 28.6. The van der Waals surface area contributed by atoms with Crippen LogP contribution >= 0.6 is 0 Å². The molecule has 0 saturated carbocycles. The van der Waals surface area contributed by atoms with E-state index in [4.69, 9.17) is 23.9 Å². The second kappa shape index (κ2) is 9.92. The number of nitrogens with zero attached hydrogens (tertiary/aromatic N) is 5. The van der Waals surface area contributed by atoms with Crippen LogP contribution in [0.2, 0.25) is 0 Å². The molecule has 1 amide bonds. The van der Waals surface area contributed by atoms with Gasteiger partial charge in [0.25, 0.3) is 0 Å². The molecule has 1 N–H and O–H groups in total. The second-order valence-corrected chi connectivity index (χ2v) is 9.08. The fourth-order valence-corrected chi connectivity index (χ4v) is 4.40. The summed E-state index contributed by atoms with van der Waals surface area (Å²) >= 11 is 0. The summed E-state index contributed by atoms with van der Waals surface area (Å²) in [6, 6.07) is 13.1. The van der Waals surface area contributed by atoms with E-state index >= 15 is 0 Å². The summed E-state index contributed by atoms with van der Waals surface area (Å²) < 4.78 is 23.6. The molecule has 11 nitrogen and oxygen atoms in total. The van der Waals surface area contributed by atoms with Crippen molar-refractivity contribution in [3.05, 3.63) is 78.0 Å². The Morgan fingerprint density at radius 2 is 1.74 bits per heavy atom. The number of anilines is 1. The van der Waals surface area contributed by atoms with E-state index in [-0.39, 0.29) is 32.1 Å². The summed E-state index contributed by atoms with van der Waals surface area (Å²) in [5.74, 6) is 3.70. The third-order valence-electron chi connectivity index (χ3n) is 6.31. The molecule has 1 unspecified atom stereocenters. The number of aryl methyl sites for hydroxylation is 1. The third kappa shape index (κ3) is 4.90. The minimum atomic E-state index is -0.238. The molecule has 2 aromatic heterocycles. The molecule has 38 heavy (non-hydrogen) atoms. The highest BCUT2D eigenvalue weighted by Gasteiger charge is 2.21. The van der Waals surface area contributed by atoms with Crippen molar-refractivity contribution in [2.24, 2.45) is 0 Å². The molecular formula is C27H26N6O5. The number of carbonyl (C=O) groups excluding carboxylic acids is 1. The van der Waals surface area contributed by atoms with E-state index in [1.165, 1.54) is 0 Å². The van der Waals surface area contributed by atoms with Crippen molar-refractivity contribution >= 4 is 11.7 Å².